The van der Waals surface area contributed by atoms with Crippen LogP contribution in [0.4, 0.5) is 5.82 Å². The van der Waals surface area contributed by atoms with Crippen molar-refractivity contribution in [2.45, 2.75) is 13.0 Å². The van der Waals surface area contributed by atoms with E-state index in [2.05, 4.69) is 10.3 Å². The Labute approximate surface area is 117 Å². The number of nitrogens with one attached hydrogen (secondary N) is 1. The van der Waals surface area contributed by atoms with Crippen LogP contribution in [0, 0.1) is 0 Å². The van der Waals surface area contributed by atoms with Crippen LogP contribution >= 0.6 is 11.3 Å². The smallest absolute Gasteiger partial charge is 0.255 e. The van der Waals surface area contributed by atoms with Crippen molar-refractivity contribution in [2.24, 2.45) is 0 Å². The number of hydrogen-bond acceptors (Lipinski definition) is 4. The van der Waals surface area contributed by atoms with Crippen LogP contribution in [0.5, 0.6) is 0 Å². The van der Waals surface area contributed by atoms with Gasteiger partial charge in [0.05, 0.1) is 11.6 Å². The summed E-state index contributed by atoms with van der Waals surface area (Å²) in [5.41, 5.74) is 0.593. The lowest BCUT2D eigenvalue weighted by Gasteiger charge is -2.17. The van der Waals surface area contributed by atoms with E-state index in [-0.39, 0.29) is 11.9 Å². The van der Waals surface area contributed by atoms with Gasteiger partial charge in [0.15, 0.2) is 0 Å². The topological polar surface area (TPSA) is 45.2 Å². The zero-order valence-electron chi connectivity index (χ0n) is 11.3. The van der Waals surface area contributed by atoms with Gasteiger partial charge < -0.3 is 10.2 Å². The molecule has 0 bridgehead atoms. The third-order valence-electron chi connectivity index (χ3n) is 2.77. The van der Waals surface area contributed by atoms with E-state index in [4.69, 9.17) is 0 Å². The van der Waals surface area contributed by atoms with Crippen molar-refractivity contribution in [3.63, 3.8) is 0 Å². The number of thiophene rings is 1. The molecule has 0 aliphatic heterocycles. The molecule has 100 valence electrons. The molecule has 2 rings (SSSR count). The number of anilines is 1. The van der Waals surface area contributed by atoms with Gasteiger partial charge >= 0.3 is 0 Å². The molecule has 2 heterocycles. The molecule has 1 atom stereocenters. The quantitative estimate of drug-likeness (QED) is 0.933. The maximum absolute atomic E-state index is 12.3. The second-order valence-corrected chi connectivity index (χ2v) is 5.46. The van der Waals surface area contributed by atoms with E-state index < -0.39 is 0 Å². The lowest BCUT2D eigenvalue weighted by atomic mass is 10.2. The Morgan fingerprint density at radius 1 is 1.37 bits per heavy atom. The van der Waals surface area contributed by atoms with E-state index >= 15 is 0 Å². The number of amides is 1. The number of carbonyl (C=O) groups excluding carboxylic acids is 1. The van der Waals surface area contributed by atoms with Gasteiger partial charge in [0.1, 0.15) is 5.82 Å². The Morgan fingerprint density at radius 3 is 2.79 bits per heavy atom. The Bertz CT molecular complexity index is 552. The molecule has 0 aliphatic carbocycles. The van der Waals surface area contributed by atoms with Gasteiger partial charge in [-0.1, -0.05) is 6.07 Å². The third kappa shape index (κ3) is 3.12. The fourth-order valence-electron chi connectivity index (χ4n) is 1.81. The standard InChI is InChI=1S/C14H17N3OS/c1-10(12-7-5-9-19-12)16-14(18)11-6-4-8-15-13(11)17(2)3/h4-10H,1-3H3,(H,16,18)/t10-/m1/s1. The largest absolute Gasteiger partial charge is 0.362 e. The molecular weight excluding hydrogens is 258 g/mol. The summed E-state index contributed by atoms with van der Waals surface area (Å²) in [7, 11) is 3.75. The van der Waals surface area contributed by atoms with Gasteiger partial charge in [-0.05, 0) is 30.5 Å². The van der Waals surface area contributed by atoms with Crippen LogP contribution in [0.2, 0.25) is 0 Å². The molecule has 0 saturated carbocycles. The fraction of sp³-hybridized carbons (Fsp3) is 0.286. The van der Waals surface area contributed by atoms with Crippen LogP contribution in [0.1, 0.15) is 28.2 Å². The highest BCUT2D eigenvalue weighted by molar-refractivity contribution is 7.10. The molecule has 1 N–H and O–H groups in total. The second kappa shape index (κ2) is 5.84. The SMILES string of the molecule is C[C@@H](NC(=O)c1cccnc1N(C)C)c1cccs1. The van der Waals surface area contributed by atoms with Gasteiger partial charge in [-0.15, -0.1) is 11.3 Å². The molecule has 0 fully saturated rings. The lowest BCUT2D eigenvalue weighted by molar-refractivity contribution is 0.0940. The summed E-state index contributed by atoms with van der Waals surface area (Å²) in [6.45, 7) is 1.98. The minimum absolute atomic E-state index is 0.00252. The van der Waals surface area contributed by atoms with Crippen LogP contribution in [0.15, 0.2) is 35.8 Å². The molecule has 0 saturated heterocycles. The maximum Gasteiger partial charge on any atom is 0.255 e. The van der Waals surface area contributed by atoms with Crippen molar-refractivity contribution in [1.82, 2.24) is 10.3 Å². The number of carbonyl (C=O) groups is 1. The van der Waals surface area contributed by atoms with E-state index in [9.17, 15) is 4.79 Å². The van der Waals surface area contributed by atoms with Crippen molar-refractivity contribution in [3.8, 4) is 0 Å². The van der Waals surface area contributed by atoms with Gasteiger partial charge in [0, 0.05) is 25.2 Å². The summed E-state index contributed by atoms with van der Waals surface area (Å²) in [6, 6.07) is 7.57. The molecule has 2 aromatic rings. The zero-order chi connectivity index (χ0) is 13.8. The predicted octanol–water partition coefficient (Wildman–Crippen LogP) is 2.70. The van der Waals surface area contributed by atoms with Crippen LogP contribution in [-0.2, 0) is 0 Å². The van der Waals surface area contributed by atoms with Crippen LogP contribution in [0.25, 0.3) is 0 Å². The number of rotatable bonds is 4. The Morgan fingerprint density at radius 2 is 2.16 bits per heavy atom. The molecular formula is C14H17N3OS. The average molecular weight is 275 g/mol. The van der Waals surface area contributed by atoms with Gasteiger partial charge in [-0.25, -0.2) is 4.98 Å². The maximum atomic E-state index is 12.3. The summed E-state index contributed by atoms with van der Waals surface area (Å²) < 4.78 is 0. The monoisotopic (exact) mass is 275 g/mol. The summed E-state index contributed by atoms with van der Waals surface area (Å²) in [5, 5.41) is 5.01. The van der Waals surface area contributed by atoms with Crippen molar-refractivity contribution in [2.75, 3.05) is 19.0 Å². The van der Waals surface area contributed by atoms with Crippen molar-refractivity contribution >= 4 is 23.1 Å². The molecule has 0 unspecified atom stereocenters. The number of hydrogen-bond donors (Lipinski definition) is 1. The van der Waals surface area contributed by atoms with E-state index in [0.29, 0.717) is 11.4 Å². The minimum Gasteiger partial charge on any atom is -0.362 e. The average Bonchev–Trinajstić information content (AvgIpc) is 2.92. The van der Waals surface area contributed by atoms with Crippen LogP contribution in [-0.4, -0.2) is 25.0 Å². The van der Waals surface area contributed by atoms with Crippen LogP contribution < -0.4 is 10.2 Å². The van der Waals surface area contributed by atoms with Crippen LogP contribution in [0.3, 0.4) is 0 Å². The molecule has 1 amide bonds. The molecule has 4 nitrogen and oxygen atoms in total. The van der Waals surface area contributed by atoms with Crippen molar-refractivity contribution < 1.29 is 4.79 Å². The van der Waals surface area contributed by atoms with Gasteiger partial charge in [0.2, 0.25) is 0 Å². The Balaban J connectivity index is 2.16. The molecule has 0 spiro atoms. The van der Waals surface area contributed by atoms with Gasteiger partial charge in [-0.3, -0.25) is 4.79 Å². The Kier molecular flexibility index (Phi) is 4.16. The first kappa shape index (κ1) is 13.5. The fourth-order valence-corrected chi connectivity index (χ4v) is 2.55. The highest BCUT2D eigenvalue weighted by Gasteiger charge is 2.16. The molecule has 0 radical (unpaired) electrons. The van der Waals surface area contributed by atoms with Gasteiger partial charge in [-0.2, -0.15) is 0 Å². The highest BCUT2D eigenvalue weighted by Crippen LogP contribution is 2.20. The number of aromatic nitrogens is 1. The van der Waals surface area contributed by atoms with E-state index in [1.165, 1.54) is 0 Å². The van der Waals surface area contributed by atoms with E-state index in [0.717, 1.165) is 4.88 Å². The molecule has 19 heavy (non-hydrogen) atoms. The van der Waals surface area contributed by atoms with Crippen molar-refractivity contribution in [1.29, 1.82) is 0 Å². The lowest BCUT2D eigenvalue weighted by Crippen LogP contribution is -2.28. The second-order valence-electron chi connectivity index (χ2n) is 4.48. The summed E-state index contributed by atoms with van der Waals surface area (Å²) in [6.07, 6.45) is 1.69. The Hall–Kier alpha value is -1.88. The molecule has 5 heteroatoms. The van der Waals surface area contributed by atoms with Crippen molar-refractivity contribution in [3.05, 3.63) is 46.3 Å². The summed E-state index contributed by atoms with van der Waals surface area (Å²) in [5.74, 6) is 0.580. The normalized spacial score (nSPS) is 11.9. The summed E-state index contributed by atoms with van der Waals surface area (Å²) >= 11 is 1.64. The third-order valence-corrected chi connectivity index (χ3v) is 3.83. The molecule has 0 aromatic carbocycles. The molecule has 0 aliphatic rings. The zero-order valence-corrected chi connectivity index (χ0v) is 12.1. The first-order valence-electron chi connectivity index (χ1n) is 6.06. The minimum atomic E-state index is -0.0994. The molecule has 2 aromatic heterocycles. The van der Waals surface area contributed by atoms with Gasteiger partial charge in [0.25, 0.3) is 5.91 Å². The highest BCUT2D eigenvalue weighted by atomic mass is 32.1. The predicted molar refractivity (Wildman–Crippen MR) is 78.8 cm³/mol. The first-order chi connectivity index (χ1) is 9.09. The summed E-state index contributed by atoms with van der Waals surface area (Å²) in [4.78, 5) is 19.5. The first-order valence-corrected chi connectivity index (χ1v) is 6.94. The number of nitrogens with zero attached hydrogens (tertiary/aromatic N) is 2. The van der Waals surface area contributed by atoms with E-state index in [1.54, 1.807) is 29.7 Å². The number of pyridine rings is 1. The van der Waals surface area contributed by atoms with E-state index in [1.807, 2.05) is 43.4 Å².